The van der Waals surface area contributed by atoms with Gasteiger partial charge in [-0.05, 0) is 35.2 Å². The van der Waals surface area contributed by atoms with Gasteiger partial charge in [0.15, 0.2) is 0 Å². The van der Waals surface area contributed by atoms with Crippen LogP contribution in [0.5, 0.6) is 0 Å². The quantitative estimate of drug-likeness (QED) is 0.363. The maximum atomic E-state index is 6.03. The molecule has 0 heterocycles. The average molecular weight is 363 g/mol. The van der Waals surface area contributed by atoms with Crippen molar-refractivity contribution in [2.45, 2.75) is 26.4 Å². The van der Waals surface area contributed by atoms with E-state index in [4.69, 9.17) is 16.7 Å². The molecule has 0 aliphatic carbocycles. The minimum atomic E-state index is 0.745. The van der Waals surface area contributed by atoms with E-state index in [-0.39, 0.29) is 0 Å². The van der Waals surface area contributed by atoms with Gasteiger partial charge >= 0.3 is 0 Å². The molecule has 0 unspecified atom stereocenters. The van der Waals surface area contributed by atoms with E-state index in [9.17, 15) is 0 Å². The molecule has 3 aromatic carbocycles. The van der Waals surface area contributed by atoms with E-state index in [2.05, 4.69) is 60.5 Å². The number of halogens is 1. The molecule has 3 aromatic rings. The minimum Gasteiger partial charge on any atom is -0.288 e. The summed E-state index contributed by atoms with van der Waals surface area (Å²) >= 11 is 6.03. The largest absolute Gasteiger partial charge is 0.288 e. The zero-order chi connectivity index (χ0) is 18.2. The summed E-state index contributed by atoms with van der Waals surface area (Å²) in [4.78, 5) is 0. The number of nitrogens with zero attached hydrogens (tertiary/aromatic N) is 2. The molecule has 0 N–H and O–H groups in total. The van der Waals surface area contributed by atoms with Crippen LogP contribution in [0.4, 0.5) is 0 Å². The Morgan fingerprint density at radius 2 is 1.27 bits per heavy atom. The molecule has 0 aliphatic heterocycles. The molecule has 0 spiro atoms. The molecule has 0 aromatic heterocycles. The average Bonchev–Trinajstić information content (AvgIpc) is 2.68. The molecule has 0 amide bonds. The van der Waals surface area contributed by atoms with Gasteiger partial charge in [0.05, 0.1) is 18.8 Å². The van der Waals surface area contributed by atoms with Crippen LogP contribution in [-0.2, 0) is 13.1 Å². The van der Waals surface area contributed by atoms with E-state index in [1.165, 1.54) is 11.1 Å². The smallest absolute Gasteiger partial charge is 0.0675 e. The lowest BCUT2D eigenvalue weighted by atomic mass is 10.1. The summed E-state index contributed by atoms with van der Waals surface area (Å²) in [5, 5.41) is 7.87. The number of hydrogen-bond donors (Lipinski definition) is 0. The van der Waals surface area contributed by atoms with E-state index in [1.807, 2.05) is 36.4 Å². The third-order valence-electron chi connectivity index (χ3n) is 4.19. The predicted octanol–water partition coefficient (Wildman–Crippen LogP) is 6.16. The van der Waals surface area contributed by atoms with Crippen molar-refractivity contribution in [3.05, 3.63) is 107 Å². The predicted molar refractivity (Wildman–Crippen MR) is 110 cm³/mol. The number of hydrogen-bond acceptors (Lipinski definition) is 2. The second kappa shape index (κ2) is 9.21. The summed E-state index contributed by atoms with van der Waals surface area (Å²) in [6, 6.07) is 28.8. The number of rotatable bonds is 7. The lowest BCUT2D eigenvalue weighted by molar-refractivity contribution is 0.270. The molecule has 0 radical (unpaired) electrons. The highest BCUT2D eigenvalue weighted by Gasteiger charge is 2.08. The summed E-state index contributed by atoms with van der Waals surface area (Å²) in [6.45, 7) is 3.68. The summed E-state index contributed by atoms with van der Waals surface area (Å²) in [7, 11) is 0. The van der Waals surface area contributed by atoms with Crippen LogP contribution in [0.15, 0.2) is 90.0 Å². The maximum absolute atomic E-state index is 6.03. The molecule has 0 bridgehead atoms. The Labute approximate surface area is 160 Å². The fourth-order valence-electron chi connectivity index (χ4n) is 2.86. The van der Waals surface area contributed by atoms with Gasteiger partial charge in [0.1, 0.15) is 0 Å². The van der Waals surface area contributed by atoms with Crippen LogP contribution in [0.3, 0.4) is 0 Å². The van der Waals surface area contributed by atoms with Crippen LogP contribution < -0.4 is 0 Å². The second-order valence-corrected chi connectivity index (χ2v) is 6.64. The lowest BCUT2D eigenvalue weighted by Gasteiger charge is -2.21. The Morgan fingerprint density at radius 3 is 1.73 bits per heavy atom. The highest BCUT2D eigenvalue weighted by molar-refractivity contribution is 6.30. The minimum absolute atomic E-state index is 0.745. The molecule has 0 aliphatic rings. The highest BCUT2D eigenvalue weighted by atomic mass is 35.5. The van der Waals surface area contributed by atoms with Crippen LogP contribution in [0.2, 0.25) is 5.02 Å². The van der Waals surface area contributed by atoms with Crippen molar-refractivity contribution in [2.75, 3.05) is 0 Å². The van der Waals surface area contributed by atoms with E-state index in [0.717, 1.165) is 35.8 Å². The van der Waals surface area contributed by atoms with Crippen LogP contribution in [-0.4, -0.2) is 10.7 Å². The summed E-state index contributed by atoms with van der Waals surface area (Å²) in [5.41, 5.74) is 4.68. The van der Waals surface area contributed by atoms with Gasteiger partial charge in [-0.15, -0.1) is 0 Å². The van der Waals surface area contributed by atoms with Gasteiger partial charge in [-0.2, -0.15) is 5.10 Å². The Bertz CT molecular complexity index is 786. The van der Waals surface area contributed by atoms with Gasteiger partial charge in [-0.3, -0.25) is 5.01 Å². The summed E-state index contributed by atoms with van der Waals surface area (Å²) in [6.07, 6.45) is 0.863. The summed E-state index contributed by atoms with van der Waals surface area (Å²) < 4.78 is 0. The fraction of sp³-hybridized carbons (Fsp3) is 0.174. The van der Waals surface area contributed by atoms with Crippen molar-refractivity contribution in [3.8, 4) is 0 Å². The highest BCUT2D eigenvalue weighted by Crippen LogP contribution is 2.15. The molecule has 0 saturated carbocycles. The first-order valence-electron chi connectivity index (χ1n) is 8.91. The van der Waals surface area contributed by atoms with Gasteiger partial charge in [-0.1, -0.05) is 91.3 Å². The van der Waals surface area contributed by atoms with Crippen molar-refractivity contribution in [2.24, 2.45) is 5.10 Å². The Kier molecular flexibility index (Phi) is 6.45. The molecule has 3 heteroatoms. The molecule has 0 saturated heterocycles. The first kappa shape index (κ1) is 18.2. The molecular weight excluding hydrogens is 340 g/mol. The van der Waals surface area contributed by atoms with Gasteiger partial charge < -0.3 is 0 Å². The maximum Gasteiger partial charge on any atom is 0.0675 e. The third kappa shape index (κ3) is 5.21. The monoisotopic (exact) mass is 362 g/mol. The molecule has 132 valence electrons. The first-order chi connectivity index (χ1) is 12.7. The topological polar surface area (TPSA) is 15.6 Å². The van der Waals surface area contributed by atoms with E-state index < -0.39 is 0 Å². The van der Waals surface area contributed by atoms with Gasteiger partial charge in [0.25, 0.3) is 0 Å². The Morgan fingerprint density at radius 1 is 0.769 bits per heavy atom. The van der Waals surface area contributed by atoms with Gasteiger partial charge in [0.2, 0.25) is 0 Å². The second-order valence-electron chi connectivity index (χ2n) is 6.20. The first-order valence-corrected chi connectivity index (χ1v) is 9.28. The van der Waals surface area contributed by atoms with Gasteiger partial charge in [0, 0.05) is 5.02 Å². The van der Waals surface area contributed by atoms with Crippen molar-refractivity contribution < 1.29 is 0 Å². The van der Waals surface area contributed by atoms with Crippen molar-refractivity contribution in [1.29, 1.82) is 0 Å². The molecular formula is C23H23ClN2. The van der Waals surface area contributed by atoms with Crippen LogP contribution in [0, 0.1) is 0 Å². The molecule has 0 fully saturated rings. The molecule has 2 nitrogen and oxygen atoms in total. The van der Waals surface area contributed by atoms with E-state index in [1.54, 1.807) is 0 Å². The number of hydrazone groups is 1. The molecule has 3 rings (SSSR count). The Hall–Kier alpha value is -2.58. The van der Waals surface area contributed by atoms with E-state index >= 15 is 0 Å². The lowest BCUT2D eigenvalue weighted by Crippen LogP contribution is -2.19. The van der Waals surface area contributed by atoms with Crippen molar-refractivity contribution >= 4 is 17.3 Å². The van der Waals surface area contributed by atoms with Crippen molar-refractivity contribution in [3.63, 3.8) is 0 Å². The van der Waals surface area contributed by atoms with Crippen molar-refractivity contribution in [1.82, 2.24) is 5.01 Å². The molecule has 26 heavy (non-hydrogen) atoms. The van der Waals surface area contributed by atoms with Crippen LogP contribution in [0.25, 0.3) is 0 Å². The zero-order valence-electron chi connectivity index (χ0n) is 15.0. The molecule has 0 atom stereocenters. The third-order valence-corrected chi connectivity index (χ3v) is 4.44. The SMILES string of the molecule is CCC(=NN(Cc1ccccc1)Cc1ccccc1)c1ccc(Cl)cc1. The van der Waals surface area contributed by atoms with Crippen LogP contribution >= 0.6 is 11.6 Å². The summed E-state index contributed by atoms with van der Waals surface area (Å²) in [5.74, 6) is 0. The van der Waals surface area contributed by atoms with E-state index in [0.29, 0.717) is 0 Å². The normalized spacial score (nSPS) is 11.4. The standard InChI is InChI=1S/C23H23ClN2/c1-2-23(21-13-15-22(24)16-14-21)25-26(17-19-9-5-3-6-10-19)18-20-11-7-4-8-12-20/h3-16H,2,17-18H2,1H3. The Balaban J connectivity index is 1.88. The zero-order valence-corrected chi connectivity index (χ0v) is 15.7. The van der Waals surface area contributed by atoms with Crippen LogP contribution in [0.1, 0.15) is 30.0 Å². The fourth-order valence-corrected chi connectivity index (χ4v) is 2.99. The van der Waals surface area contributed by atoms with Gasteiger partial charge in [-0.25, -0.2) is 0 Å². The number of benzene rings is 3.